The number of rotatable bonds is 3. The van der Waals surface area contributed by atoms with Crippen LogP contribution in [0.1, 0.15) is 18.0 Å². The average molecular weight is 395 g/mol. The lowest BCUT2D eigenvalue weighted by atomic mass is 10.1. The molecule has 140 valence electrons. The summed E-state index contributed by atoms with van der Waals surface area (Å²) < 4.78 is 39.8. The lowest BCUT2D eigenvalue weighted by molar-refractivity contribution is -0.137. The number of nitrogens with zero attached hydrogens (tertiary/aromatic N) is 3. The lowest BCUT2D eigenvalue weighted by Gasteiger charge is -2.14. The van der Waals surface area contributed by atoms with Crippen LogP contribution in [0.4, 0.5) is 18.9 Å². The van der Waals surface area contributed by atoms with E-state index >= 15 is 0 Å². The highest BCUT2D eigenvalue weighted by molar-refractivity contribution is 7.99. The number of fused-ring (bicyclic) bond motifs is 2. The Morgan fingerprint density at radius 2 is 2.22 bits per heavy atom. The smallest absolute Gasteiger partial charge is 0.326 e. The van der Waals surface area contributed by atoms with Gasteiger partial charge in [0, 0.05) is 17.9 Å². The third-order valence-corrected chi connectivity index (χ3v) is 5.24. The van der Waals surface area contributed by atoms with E-state index in [0.29, 0.717) is 21.9 Å². The molecule has 1 unspecified atom stereocenters. The van der Waals surface area contributed by atoms with Crippen LogP contribution < -0.4 is 10.9 Å². The molecule has 1 aromatic carbocycles. The molecule has 0 saturated carbocycles. The highest BCUT2D eigenvalue weighted by atomic mass is 32.2. The second-order valence-corrected chi connectivity index (χ2v) is 6.98. The van der Waals surface area contributed by atoms with Crippen LogP contribution in [0.15, 0.2) is 40.4 Å². The number of aromatic amines is 1. The summed E-state index contributed by atoms with van der Waals surface area (Å²) in [6, 6.07) is 3.98. The molecule has 7 nitrogen and oxygen atoms in total. The largest absolute Gasteiger partial charge is 0.416 e. The number of hydrogen-bond acceptors (Lipinski definition) is 5. The summed E-state index contributed by atoms with van der Waals surface area (Å²) >= 11 is 1.34. The van der Waals surface area contributed by atoms with E-state index in [1.54, 1.807) is 0 Å². The number of amides is 1. The Bertz CT molecular complexity index is 1090. The van der Waals surface area contributed by atoms with Crippen LogP contribution in [0.3, 0.4) is 0 Å². The summed E-state index contributed by atoms with van der Waals surface area (Å²) in [6.45, 7) is 0. The molecule has 1 atom stereocenters. The summed E-state index contributed by atoms with van der Waals surface area (Å²) in [7, 11) is 0. The standard InChI is InChI=1S/C16H12F3N5O2S/c17-16(18,19)8-2-1-3-9(4-8)21-12(25)5-10-7-27-15-22-13-11(6-20-23-13)14(26)24(10)15/h1-4,6,10H,5,7H2,(H,20,23)(H,21,25). The Hall–Kier alpha value is -2.82. The van der Waals surface area contributed by atoms with Crippen molar-refractivity contribution in [3.05, 3.63) is 46.4 Å². The van der Waals surface area contributed by atoms with Crippen molar-refractivity contribution in [2.75, 3.05) is 11.1 Å². The van der Waals surface area contributed by atoms with Crippen LogP contribution in [0.5, 0.6) is 0 Å². The first kappa shape index (κ1) is 17.6. The van der Waals surface area contributed by atoms with Crippen LogP contribution in [-0.2, 0) is 11.0 Å². The molecule has 0 fully saturated rings. The molecule has 27 heavy (non-hydrogen) atoms. The van der Waals surface area contributed by atoms with Gasteiger partial charge in [-0.2, -0.15) is 18.3 Å². The molecule has 2 N–H and O–H groups in total. The van der Waals surface area contributed by atoms with Gasteiger partial charge in [0.2, 0.25) is 5.91 Å². The average Bonchev–Trinajstić information content (AvgIpc) is 3.22. The van der Waals surface area contributed by atoms with Gasteiger partial charge < -0.3 is 5.32 Å². The van der Waals surface area contributed by atoms with Gasteiger partial charge in [0.1, 0.15) is 5.39 Å². The topological polar surface area (TPSA) is 92.7 Å². The van der Waals surface area contributed by atoms with Gasteiger partial charge in [-0.25, -0.2) is 4.98 Å². The number of aromatic nitrogens is 4. The van der Waals surface area contributed by atoms with Crippen molar-refractivity contribution in [2.45, 2.75) is 23.8 Å². The number of thioether (sulfide) groups is 1. The molecule has 1 aliphatic rings. The maximum atomic E-state index is 12.8. The van der Waals surface area contributed by atoms with E-state index < -0.39 is 23.7 Å². The van der Waals surface area contributed by atoms with E-state index in [0.717, 1.165) is 12.1 Å². The summed E-state index contributed by atoms with van der Waals surface area (Å²) in [5.41, 5.74) is -0.709. The molecule has 1 aliphatic heterocycles. The molecule has 11 heteroatoms. The predicted octanol–water partition coefficient (Wildman–Crippen LogP) is 2.81. The minimum absolute atomic E-state index is 0.0523. The van der Waals surface area contributed by atoms with Gasteiger partial charge in [0.05, 0.1) is 17.8 Å². The maximum Gasteiger partial charge on any atom is 0.416 e. The number of halogens is 3. The van der Waals surface area contributed by atoms with Gasteiger partial charge in [0.25, 0.3) is 5.56 Å². The molecule has 0 bridgehead atoms. The Morgan fingerprint density at radius 1 is 1.41 bits per heavy atom. The zero-order valence-electron chi connectivity index (χ0n) is 13.6. The Morgan fingerprint density at radius 3 is 3.00 bits per heavy atom. The van der Waals surface area contributed by atoms with Crippen molar-refractivity contribution in [1.29, 1.82) is 0 Å². The third-order valence-electron chi connectivity index (χ3n) is 4.15. The zero-order valence-corrected chi connectivity index (χ0v) is 14.4. The van der Waals surface area contributed by atoms with Crippen molar-refractivity contribution in [3.8, 4) is 0 Å². The summed E-state index contributed by atoms with van der Waals surface area (Å²) in [6.07, 6.45) is -3.17. The van der Waals surface area contributed by atoms with Crippen LogP contribution in [0, 0.1) is 0 Å². The van der Waals surface area contributed by atoms with Crippen LogP contribution in [0.2, 0.25) is 0 Å². The maximum absolute atomic E-state index is 12.8. The molecule has 1 amide bonds. The van der Waals surface area contributed by atoms with E-state index in [2.05, 4.69) is 20.5 Å². The van der Waals surface area contributed by atoms with Crippen LogP contribution in [0.25, 0.3) is 11.0 Å². The second kappa shape index (κ2) is 6.41. The van der Waals surface area contributed by atoms with E-state index in [1.165, 1.54) is 34.7 Å². The van der Waals surface area contributed by atoms with Gasteiger partial charge in [-0.05, 0) is 18.2 Å². The van der Waals surface area contributed by atoms with Gasteiger partial charge in [-0.15, -0.1) is 0 Å². The first-order chi connectivity index (χ1) is 12.8. The number of nitrogens with one attached hydrogen (secondary N) is 2. The van der Waals surface area contributed by atoms with Crippen molar-refractivity contribution in [3.63, 3.8) is 0 Å². The number of carbonyl (C=O) groups is 1. The first-order valence-electron chi connectivity index (χ1n) is 7.88. The fourth-order valence-electron chi connectivity index (χ4n) is 2.91. The van der Waals surface area contributed by atoms with Gasteiger partial charge >= 0.3 is 6.18 Å². The lowest BCUT2D eigenvalue weighted by Crippen LogP contribution is -2.27. The number of carbonyl (C=O) groups excluding carboxylic acids is 1. The van der Waals surface area contributed by atoms with E-state index in [-0.39, 0.29) is 17.7 Å². The number of benzene rings is 1. The Labute approximate surface area is 154 Å². The minimum atomic E-state index is -4.49. The predicted molar refractivity (Wildman–Crippen MR) is 92.6 cm³/mol. The van der Waals surface area contributed by atoms with E-state index in [9.17, 15) is 22.8 Å². The molecule has 3 heterocycles. The van der Waals surface area contributed by atoms with Crippen molar-refractivity contribution in [2.24, 2.45) is 0 Å². The molecular formula is C16H12F3N5O2S. The van der Waals surface area contributed by atoms with Gasteiger partial charge in [-0.1, -0.05) is 17.8 Å². The van der Waals surface area contributed by atoms with Crippen molar-refractivity contribution >= 4 is 34.4 Å². The monoisotopic (exact) mass is 395 g/mol. The number of hydrogen-bond donors (Lipinski definition) is 2. The number of alkyl halides is 3. The van der Waals surface area contributed by atoms with Crippen LogP contribution in [-0.4, -0.2) is 31.4 Å². The SMILES string of the molecule is O=C(CC1CSc2nc3[nH]ncc3c(=O)n21)Nc1cccc(C(F)(F)F)c1. The van der Waals surface area contributed by atoms with E-state index in [1.807, 2.05) is 0 Å². The Kier molecular flexibility index (Phi) is 4.17. The van der Waals surface area contributed by atoms with Crippen molar-refractivity contribution < 1.29 is 18.0 Å². The number of H-pyrrole nitrogens is 1. The molecule has 4 rings (SSSR count). The zero-order chi connectivity index (χ0) is 19.2. The summed E-state index contributed by atoms with van der Waals surface area (Å²) in [5.74, 6) is -0.00914. The minimum Gasteiger partial charge on any atom is -0.326 e. The quantitative estimate of drug-likeness (QED) is 0.666. The van der Waals surface area contributed by atoms with Crippen LogP contribution >= 0.6 is 11.8 Å². The van der Waals surface area contributed by atoms with Gasteiger partial charge in [0.15, 0.2) is 10.8 Å². The molecule has 0 spiro atoms. The fourth-order valence-corrected chi connectivity index (χ4v) is 4.04. The molecule has 0 saturated heterocycles. The normalized spacial score (nSPS) is 16.5. The first-order valence-corrected chi connectivity index (χ1v) is 8.87. The fraction of sp³-hybridized carbons (Fsp3) is 0.250. The molecular weight excluding hydrogens is 383 g/mol. The van der Waals surface area contributed by atoms with Gasteiger partial charge in [-0.3, -0.25) is 19.3 Å². The van der Waals surface area contributed by atoms with E-state index in [4.69, 9.17) is 0 Å². The number of anilines is 1. The molecule has 2 aromatic heterocycles. The second-order valence-electron chi connectivity index (χ2n) is 6.00. The Balaban J connectivity index is 1.53. The molecule has 3 aromatic rings. The summed E-state index contributed by atoms with van der Waals surface area (Å²) in [5, 5.41) is 9.69. The molecule has 0 aliphatic carbocycles. The third kappa shape index (κ3) is 3.29. The molecule has 0 radical (unpaired) electrons. The highest BCUT2D eigenvalue weighted by Gasteiger charge is 2.31. The van der Waals surface area contributed by atoms with Crippen molar-refractivity contribution in [1.82, 2.24) is 19.7 Å². The summed E-state index contributed by atoms with van der Waals surface area (Å²) in [4.78, 5) is 29.2. The highest BCUT2D eigenvalue weighted by Crippen LogP contribution is 2.33.